The number of ether oxygens (including phenoxy) is 3. The molecular weight excluding hydrogens is 422 g/mol. The normalized spacial score (nSPS) is 24.6. The Morgan fingerprint density at radius 3 is 2.47 bits per heavy atom. The van der Waals surface area contributed by atoms with Crippen molar-refractivity contribution < 1.29 is 33.7 Å². The number of nitrogens with one attached hydrogen (secondary N) is 1. The molecule has 3 rings (SSSR count). The molecule has 11 nitrogen and oxygen atoms in total. The Morgan fingerprint density at radius 1 is 1.19 bits per heavy atom. The molecule has 0 bridgehead atoms. The van der Waals surface area contributed by atoms with Gasteiger partial charge in [-0.2, -0.15) is 4.98 Å². The van der Waals surface area contributed by atoms with E-state index in [0.29, 0.717) is 5.56 Å². The lowest BCUT2D eigenvalue weighted by atomic mass is 9.96. The zero-order valence-electron chi connectivity index (χ0n) is 17.7. The van der Waals surface area contributed by atoms with Crippen LogP contribution in [-0.4, -0.2) is 56.9 Å². The van der Waals surface area contributed by atoms with Gasteiger partial charge >= 0.3 is 17.6 Å². The number of hydrogen-bond acceptors (Lipinski definition) is 9. The molecule has 4 atom stereocenters. The van der Waals surface area contributed by atoms with Gasteiger partial charge in [-0.3, -0.25) is 19.0 Å². The van der Waals surface area contributed by atoms with Crippen LogP contribution in [0.1, 0.15) is 37.4 Å². The van der Waals surface area contributed by atoms with Gasteiger partial charge in [0, 0.05) is 25.6 Å². The van der Waals surface area contributed by atoms with Crippen molar-refractivity contribution in [2.45, 2.75) is 44.8 Å². The van der Waals surface area contributed by atoms with Crippen molar-refractivity contribution in [3.05, 3.63) is 58.6 Å². The van der Waals surface area contributed by atoms with Crippen LogP contribution in [-0.2, 0) is 23.8 Å². The van der Waals surface area contributed by atoms with E-state index >= 15 is 0 Å². The molecular formula is C21H23N3O8. The van der Waals surface area contributed by atoms with Gasteiger partial charge in [-0.15, -0.1) is 0 Å². The van der Waals surface area contributed by atoms with Gasteiger partial charge in [-0.05, 0) is 25.1 Å². The minimum Gasteiger partial charge on any atom is -0.463 e. The van der Waals surface area contributed by atoms with Crippen molar-refractivity contribution in [1.29, 1.82) is 0 Å². The predicted molar refractivity (Wildman–Crippen MR) is 110 cm³/mol. The molecule has 2 unspecified atom stereocenters. The number of aliphatic hydroxyl groups is 1. The largest absolute Gasteiger partial charge is 0.463 e. The Morgan fingerprint density at radius 2 is 1.88 bits per heavy atom. The molecule has 1 fully saturated rings. The van der Waals surface area contributed by atoms with Crippen LogP contribution >= 0.6 is 0 Å². The maximum Gasteiger partial charge on any atom is 0.351 e. The van der Waals surface area contributed by atoms with Gasteiger partial charge in [0.2, 0.25) is 0 Å². The molecule has 2 heterocycles. The summed E-state index contributed by atoms with van der Waals surface area (Å²) in [6, 6.07) is 9.75. The molecule has 170 valence electrons. The molecule has 0 saturated carbocycles. The molecule has 0 aliphatic carbocycles. The highest BCUT2D eigenvalue weighted by Crippen LogP contribution is 2.39. The minimum atomic E-state index is -1.85. The van der Waals surface area contributed by atoms with Gasteiger partial charge in [-0.1, -0.05) is 18.2 Å². The SMILES string of the molecule is CC(=O)OC[C@H]1O[C@@H](n2ccc(NC(=O)c3ccccc3)nc2=O)C(C)(O)C1OC(C)=O. The molecule has 1 aliphatic heterocycles. The number of anilines is 1. The zero-order valence-corrected chi connectivity index (χ0v) is 17.7. The third-order valence-electron chi connectivity index (χ3n) is 4.82. The second-order valence-corrected chi connectivity index (χ2v) is 7.41. The first kappa shape index (κ1) is 23.1. The van der Waals surface area contributed by atoms with E-state index in [1.54, 1.807) is 30.3 Å². The summed E-state index contributed by atoms with van der Waals surface area (Å²) in [5.74, 6) is -1.71. The smallest absolute Gasteiger partial charge is 0.351 e. The van der Waals surface area contributed by atoms with E-state index in [1.807, 2.05) is 0 Å². The third kappa shape index (κ3) is 5.01. The molecule has 1 aliphatic rings. The molecule has 1 saturated heterocycles. The molecule has 11 heteroatoms. The minimum absolute atomic E-state index is 0.00532. The fourth-order valence-corrected chi connectivity index (χ4v) is 3.38. The van der Waals surface area contributed by atoms with Gasteiger partial charge in [0.15, 0.2) is 12.3 Å². The van der Waals surface area contributed by atoms with E-state index in [1.165, 1.54) is 26.1 Å². The molecule has 32 heavy (non-hydrogen) atoms. The second-order valence-electron chi connectivity index (χ2n) is 7.41. The first-order valence-electron chi connectivity index (χ1n) is 9.73. The number of nitrogens with zero attached hydrogens (tertiary/aromatic N) is 2. The summed E-state index contributed by atoms with van der Waals surface area (Å²) < 4.78 is 16.9. The van der Waals surface area contributed by atoms with Crippen molar-refractivity contribution in [3.8, 4) is 0 Å². The van der Waals surface area contributed by atoms with Crippen LogP contribution in [0.4, 0.5) is 5.82 Å². The molecule has 1 amide bonds. The summed E-state index contributed by atoms with van der Waals surface area (Å²) in [7, 11) is 0. The summed E-state index contributed by atoms with van der Waals surface area (Å²) >= 11 is 0. The Hall–Kier alpha value is -3.57. The summed E-state index contributed by atoms with van der Waals surface area (Å²) in [6.07, 6.45) is -2.25. The van der Waals surface area contributed by atoms with Gasteiger partial charge < -0.3 is 24.6 Å². The average Bonchev–Trinajstić information content (AvgIpc) is 2.97. The van der Waals surface area contributed by atoms with Gasteiger partial charge in [-0.25, -0.2) is 4.79 Å². The number of carbonyl (C=O) groups is 3. The molecule has 2 N–H and O–H groups in total. The molecule has 1 aromatic heterocycles. The van der Waals surface area contributed by atoms with Crippen LogP contribution in [0.2, 0.25) is 0 Å². The van der Waals surface area contributed by atoms with Crippen LogP contribution in [0.5, 0.6) is 0 Å². The van der Waals surface area contributed by atoms with Crippen LogP contribution in [0, 0.1) is 0 Å². The quantitative estimate of drug-likeness (QED) is 0.612. The number of carbonyl (C=O) groups excluding carboxylic acids is 3. The highest BCUT2D eigenvalue weighted by atomic mass is 16.6. The van der Waals surface area contributed by atoms with E-state index < -0.39 is 47.6 Å². The van der Waals surface area contributed by atoms with E-state index in [2.05, 4.69) is 10.3 Å². The lowest BCUT2D eigenvalue weighted by Gasteiger charge is -2.29. The van der Waals surface area contributed by atoms with E-state index in [-0.39, 0.29) is 12.4 Å². The second kappa shape index (κ2) is 9.28. The number of esters is 2. The summed E-state index contributed by atoms with van der Waals surface area (Å²) in [5.41, 5.74) is -2.29. The maximum atomic E-state index is 12.7. The third-order valence-corrected chi connectivity index (χ3v) is 4.82. The number of rotatable bonds is 6. The number of benzene rings is 1. The molecule has 0 radical (unpaired) electrons. The maximum absolute atomic E-state index is 12.7. The van der Waals surface area contributed by atoms with Crippen LogP contribution in [0.15, 0.2) is 47.4 Å². The lowest BCUT2D eigenvalue weighted by molar-refractivity contribution is -0.163. The molecule has 2 aromatic rings. The van der Waals surface area contributed by atoms with E-state index in [9.17, 15) is 24.3 Å². The van der Waals surface area contributed by atoms with Gasteiger partial charge in [0.25, 0.3) is 5.91 Å². The van der Waals surface area contributed by atoms with Crippen LogP contribution in [0.3, 0.4) is 0 Å². The standard InChI is InChI=1S/C21H23N3O8/c1-12(25)30-11-15-17(31-13(2)26)21(3,29)19(32-15)24-10-9-16(23-20(24)28)22-18(27)14-7-5-4-6-8-14/h4-10,15,17,19,29H,11H2,1-3H3,(H,22,23,27,28)/t15-,17?,19-,21?/m1/s1. The number of hydrogen-bond donors (Lipinski definition) is 2. The Balaban J connectivity index is 1.84. The number of aromatic nitrogens is 2. The Kier molecular flexibility index (Phi) is 6.70. The monoisotopic (exact) mass is 445 g/mol. The lowest BCUT2D eigenvalue weighted by Crippen LogP contribution is -2.48. The van der Waals surface area contributed by atoms with Crippen LogP contribution in [0.25, 0.3) is 0 Å². The Labute approximate surface area is 182 Å². The average molecular weight is 445 g/mol. The fourth-order valence-electron chi connectivity index (χ4n) is 3.38. The highest BCUT2D eigenvalue weighted by Gasteiger charge is 2.56. The molecule has 1 aromatic carbocycles. The topological polar surface area (TPSA) is 146 Å². The highest BCUT2D eigenvalue weighted by molar-refractivity contribution is 6.03. The summed E-state index contributed by atoms with van der Waals surface area (Å²) in [6.45, 7) is 3.39. The fraction of sp³-hybridized carbons (Fsp3) is 0.381. The van der Waals surface area contributed by atoms with Crippen molar-refractivity contribution in [2.24, 2.45) is 0 Å². The van der Waals surface area contributed by atoms with Gasteiger partial charge in [0.1, 0.15) is 24.1 Å². The van der Waals surface area contributed by atoms with Crippen molar-refractivity contribution in [3.63, 3.8) is 0 Å². The van der Waals surface area contributed by atoms with Crippen molar-refractivity contribution in [1.82, 2.24) is 9.55 Å². The van der Waals surface area contributed by atoms with E-state index in [0.717, 1.165) is 11.5 Å². The van der Waals surface area contributed by atoms with Crippen LogP contribution < -0.4 is 11.0 Å². The predicted octanol–water partition coefficient (Wildman–Crippen LogP) is 0.639. The van der Waals surface area contributed by atoms with E-state index in [4.69, 9.17) is 14.2 Å². The summed E-state index contributed by atoms with van der Waals surface area (Å²) in [5, 5.41) is 13.6. The van der Waals surface area contributed by atoms with Gasteiger partial charge in [0.05, 0.1) is 0 Å². The molecule has 0 spiro atoms. The first-order chi connectivity index (χ1) is 15.1. The summed E-state index contributed by atoms with van der Waals surface area (Å²) in [4.78, 5) is 51.5. The van der Waals surface area contributed by atoms with Crippen molar-refractivity contribution in [2.75, 3.05) is 11.9 Å². The zero-order chi connectivity index (χ0) is 23.5. The number of amides is 1. The first-order valence-corrected chi connectivity index (χ1v) is 9.73. The van der Waals surface area contributed by atoms with Crippen molar-refractivity contribution >= 4 is 23.7 Å². The Bertz CT molecular complexity index is 1070.